The number of benzene rings is 1. The van der Waals surface area contributed by atoms with Crippen LogP contribution in [-0.4, -0.2) is 48.4 Å². The average Bonchev–Trinajstić information content (AvgIpc) is 2.57. The van der Waals surface area contributed by atoms with Crippen molar-refractivity contribution >= 4 is 33.7 Å². The summed E-state index contributed by atoms with van der Waals surface area (Å²) in [6.07, 6.45) is 1.57. The Labute approximate surface area is 149 Å². The van der Waals surface area contributed by atoms with Crippen molar-refractivity contribution in [2.45, 2.75) is 32.2 Å². The number of ether oxygens (including phenoxy) is 1. The molecular formula is C17H21BrN2O4. The largest absolute Gasteiger partial charge is 0.466 e. The van der Waals surface area contributed by atoms with Gasteiger partial charge in [-0.05, 0) is 34.5 Å². The molecule has 7 heteroatoms. The number of unbranched alkanes of at least 4 members (excludes halogenated alkanes) is 1. The minimum atomic E-state index is -0.840. The molecule has 130 valence electrons. The van der Waals surface area contributed by atoms with Crippen LogP contribution >= 0.6 is 15.9 Å². The lowest BCUT2D eigenvalue weighted by Gasteiger charge is -2.34. The fourth-order valence-corrected chi connectivity index (χ4v) is 2.95. The third kappa shape index (κ3) is 4.56. The Bertz CT molecular complexity index is 620. The maximum absolute atomic E-state index is 12.8. The maximum atomic E-state index is 12.8. The summed E-state index contributed by atoms with van der Waals surface area (Å²) in [5.41, 5.74) is 0.469. The minimum absolute atomic E-state index is 0.133. The van der Waals surface area contributed by atoms with Gasteiger partial charge < -0.3 is 15.0 Å². The standard InChI is InChI=1S/C17H21BrN2O4/c1-2-3-10-24-15(21)11-14-16(22)19-8-9-20(14)17(23)12-6-4-5-7-13(12)18/h4-7,14H,2-3,8-11H2,1H3,(H,19,22)/t14-/m0/s1. The molecule has 0 radical (unpaired) electrons. The van der Waals surface area contributed by atoms with Gasteiger partial charge in [-0.1, -0.05) is 25.5 Å². The lowest BCUT2D eigenvalue weighted by molar-refractivity contribution is -0.147. The van der Waals surface area contributed by atoms with Crippen LogP contribution in [-0.2, 0) is 14.3 Å². The van der Waals surface area contributed by atoms with E-state index >= 15 is 0 Å². The third-order valence-corrected chi connectivity index (χ3v) is 4.51. The average molecular weight is 397 g/mol. The molecule has 0 saturated carbocycles. The summed E-state index contributed by atoms with van der Waals surface area (Å²) in [5.74, 6) is -1.06. The number of hydrogen-bond acceptors (Lipinski definition) is 4. The van der Waals surface area contributed by atoms with E-state index in [9.17, 15) is 14.4 Å². The Hall–Kier alpha value is -1.89. The van der Waals surface area contributed by atoms with E-state index < -0.39 is 12.0 Å². The Morgan fingerprint density at radius 3 is 2.83 bits per heavy atom. The smallest absolute Gasteiger partial charge is 0.308 e. The van der Waals surface area contributed by atoms with Crippen molar-refractivity contribution < 1.29 is 19.1 Å². The zero-order valence-electron chi connectivity index (χ0n) is 13.6. The number of carbonyl (C=O) groups excluding carboxylic acids is 3. The van der Waals surface area contributed by atoms with Crippen molar-refractivity contribution in [1.29, 1.82) is 0 Å². The molecule has 0 spiro atoms. The van der Waals surface area contributed by atoms with Crippen LogP contribution in [0.25, 0.3) is 0 Å². The summed E-state index contributed by atoms with van der Waals surface area (Å²) in [6, 6.07) is 6.19. The highest BCUT2D eigenvalue weighted by molar-refractivity contribution is 9.10. The number of amides is 2. The molecular weight excluding hydrogens is 376 g/mol. The van der Waals surface area contributed by atoms with Crippen molar-refractivity contribution in [2.24, 2.45) is 0 Å². The van der Waals surface area contributed by atoms with E-state index in [1.165, 1.54) is 4.90 Å². The number of esters is 1. The van der Waals surface area contributed by atoms with Crippen molar-refractivity contribution in [3.63, 3.8) is 0 Å². The normalized spacial score (nSPS) is 17.3. The fraction of sp³-hybridized carbons (Fsp3) is 0.471. The van der Waals surface area contributed by atoms with Gasteiger partial charge in [-0.25, -0.2) is 0 Å². The van der Waals surface area contributed by atoms with E-state index in [0.29, 0.717) is 29.7 Å². The van der Waals surface area contributed by atoms with E-state index in [0.717, 1.165) is 12.8 Å². The molecule has 1 aromatic rings. The topological polar surface area (TPSA) is 75.7 Å². The maximum Gasteiger partial charge on any atom is 0.308 e. The lowest BCUT2D eigenvalue weighted by atomic mass is 10.1. The van der Waals surface area contributed by atoms with Gasteiger partial charge in [0.2, 0.25) is 5.91 Å². The summed E-state index contributed by atoms with van der Waals surface area (Å²) in [5, 5.41) is 2.70. The number of nitrogens with one attached hydrogen (secondary N) is 1. The Morgan fingerprint density at radius 1 is 1.38 bits per heavy atom. The van der Waals surface area contributed by atoms with E-state index in [4.69, 9.17) is 4.74 Å². The highest BCUT2D eigenvalue weighted by Gasteiger charge is 2.36. The number of rotatable bonds is 6. The molecule has 1 atom stereocenters. The van der Waals surface area contributed by atoms with Crippen LogP contribution in [0.4, 0.5) is 0 Å². The first-order valence-electron chi connectivity index (χ1n) is 8.03. The number of carbonyl (C=O) groups is 3. The molecule has 2 rings (SSSR count). The molecule has 0 aliphatic carbocycles. The second-order valence-electron chi connectivity index (χ2n) is 5.56. The second kappa shape index (κ2) is 8.82. The quantitative estimate of drug-likeness (QED) is 0.590. The molecule has 0 unspecified atom stereocenters. The molecule has 1 aromatic carbocycles. The van der Waals surface area contributed by atoms with Crippen LogP contribution in [0.15, 0.2) is 28.7 Å². The summed E-state index contributed by atoms with van der Waals surface area (Å²) < 4.78 is 5.78. The van der Waals surface area contributed by atoms with Gasteiger partial charge >= 0.3 is 5.97 Å². The minimum Gasteiger partial charge on any atom is -0.466 e. The number of piperazine rings is 1. The van der Waals surface area contributed by atoms with Crippen molar-refractivity contribution in [3.8, 4) is 0 Å². The molecule has 1 fully saturated rings. The highest BCUT2D eigenvalue weighted by Crippen LogP contribution is 2.21. The monoisotopic (exact) mass is 396 g/mol. The SMILES string of the molecule is CCCCOC(=O)C[C@H]1C(=O)NCCN1C(=O)c1ccccc1Br. The Kier molecular flexibility index (Phi) is 6.78. The van der Waals surface area contributed by atoms with Crippen LogP contribution in [0.5, 0.6) is 0 Å². The predicted octanol–water partition coefficient (Wildman–Crippen LogP) is 2.12. The van der Waals surface area contributed by atoms with E-state index in [-0.39, 0.29) is 18.2 Å². The highest BCUT2D eigenvalue weighted by atomic mass is 79.9. The molecule has 1 saturated heterocycles. The first-order valence-corrected chi connectivity index (χ1v) is 8.82. The van der Waals surface area contributed by atoms with Crippen molar-refractivity contribution in [2.75, 3.05) is 19.7 Å². The predicted molar refractivity (Wildman–Crippen MR) is 92.5 cm³/mol. The van der Waals surface area contributed by atoms with Crippen molar-refractivity contribution in [1.82, 2.24) is 10.2 Å². The molecule has 0 bridgehead atoms. The zero-order chi connectivity index (χ0) is 17.5. The first kappa shape index (κ1) is 18.4. The van der Waals surface area contributed by atoms with E-state index in [1.54, 1.807) is 18.2 Å². The molecule has 1 aliphatic heterocycles. The number of hydrogen-bond donors (Lipinski definition) is 1. The zero-order valence-corrected chi connectivity index (χ0v) is 15.2. The van der Waals surface area contributed by atoms with E-state index in [1.807, 2.05) is 13.0 Å². The van der Waals surface area contributed by atoms with Crippen LogP contribution in [0.3, 0.4) is 0 Å². The summed E-state index contributed by atoms with van der Waals surface area (Å²) in [4.78, 5) is 38.3. The van der Waals surface area contributed by atoms with Gasteiger partial charge in [0.25, 0.3) is 5.91 Å². The number of nitrogens with zero attached hydrogens (tertiary/aromatic N) is 1. The lowest BCUT2D eigenvalue weighted by Crippen LogP contribution is -2.57. The molecule has 1 heterocycles. The van der Waals surface area contributed by atoms with Gasteiger partial charge in [-0.15, -0.1) is 0 Å². The molecule has 6 nitrogen and oxygen atoms in total. The van der Waals surface area contributed by atoms with Gasteiger partial charge in [-0.2, -0.15) is 0 Å². The molecule has 0 aromatic heterocycles. The molecule has 24 heavy (non-hydrogen) atoms. The Morgan fingerprint density at radius 2 is 2.12 bits per heavy atom. The fourth-order valence-electron chi connectivity index (χ4n) is 2.50. The summed E-state index contributed by atoms with van der Waals surface area (Å²) in [7, 11) is 0. The van der Waals surface area contributed by atoms with Gasteiger partial charge in [-0.3, -0.25) is 14.4 Å². The molecule has 1 aliphatic rings. The molecule has 1 N–H and O–H groups in total. The van der Waals surface area contributed by atoms with Crippen LogP contribution in [0.1, 0.15) is 36.5 Å². The van der Waals surface area contributed by atoms with E-state index in [2.05, 4.69) is 21.2 Å². The van der Waals surface area contributed by atoms with Gasteiger partial charge in [0.05, 0.1) is 18.6 Å². The van der Waals surface area contributed by atoms with Gasteiger partial charge in [0.1, 0.15) is 6.04 Å². The summed E-state index contributed by atoms with van der Waals surface area (Å²) >= 11 is 3.35. The summed E-state index contributed by atoms with van der Waals surface area (Å²) in [6.45, 7) is 3.07. The second-order valence-corrected chi connectivity index (χ2v) is 6.42. The van der Waals surface area contributed by atoms with Gasteiger partial charge in [0.15, 0.2) is 0 Å². The number of halogens is 1. The third-order valence-electron chi connectivity index (χ3n) is 3.82. The van der Waals surface area contributed by atoms with Gasteiger partial charge in [0, 0.05) is 17.6 Å². The molecule has 2 amide bonds. The van der Waals surface area contributed by atoms with Crippen LogP contribution in [0, 0.1) is 0 Å². The van der Waals surface area contributed by atoms with Crippen molar-refractivity contribution in [3.05, 3.63) is 34.3 Å². The Balaban J connectivity index is 2.11. The first-order chi connectivity index (χ1) is 11.5. The van der Waals surface area contributed by atoms with Crippen LogP contribution < -0.4 is 5.32 Å². The van der Waals surface area contributed by atoms with Crippen LogP contribution in [0.2, 0.25) is 0 Å².